The monoisotopic (exact) mass is 578 g/mol. The maximum absolute atomic E-state index is 15.0. The molecule has 40 heavy (non-hydrogen) atoms. The van der Waals surface area contributed by atoms with Crippen molar-refractivity contribution in [3.05, 3.63) is 78.2 Å². The molecular weight excluding hydrogens is 553 g/mol. The zero-order valence-corrected chi connectivity index (χ0v) is 22.3. The zero-order chi connectivity index (χ0) is 28.7. The van der Waals surface area contributed by atoms with Gasteiger partial charge < -0.3 is 23.7 Å². The first-order valence-electron chi connectivity index (χ1n) is 11.8. The largest absolute Gasteiger partial charge is 0.487 e. The minimum Gasteiger partial charge on any atom is -0.487 e. The topological polar surface area (TPSA) is 105 Å². The van der Waals surface area contributed by atoms with Crippen molar-refractivity contribution in [3.8, 4) is 23.0 Å². The molecule has 9 nitrogen and oxygen atoms in total. The van der Waals surface area contributed by atoms with Crippen LogP contribution in [0.5, 0.6) is 23.0 Å². The van der Waals surface area contributed by atoms with Crippen LogP contribution in [0, 0.1) is 17.5 Å². The molecule has 0 fully saturated rings. The Balaban J connectivity index is 1.61. The van der Waals surface area contributed by atoms with Crippen molar-refractivity contribution < 1.29 is 45.3 Å². The number of anilines is 1. The molecule has 0 radical (unpaired) electrons. The molecule has 4 rings (SSSR count). The molecule has 0 bridgehead atoms. The van der Waals surface area contributed by atoms with Gasteiger partial charge in [-0.2, -0.15) is 0 Å². The van der Waals surface area contributed by atoms with Crippen LogP contribution < -0.4 is 18.9 Å². The first kappa shape index (κ1) is 28.9. The van der Waals surface area contributed by atoms with Gasteiger partial charge in [0.25, 0.3) is 10.0 Å². The summed E-state index contributed by atoms with van der Waals surface area (Å²) in [6.07, 6.45) is 1.46. The van der Waals surface area contributed by atoms with Crippen LogP contribution >= 0.6 is 0 Å². The molecule has 13 heteroatoms. The van der Waals surface area contributed by atoms with Gasteiger partial charge in [-0.05, 0) is 36.4 Å². The van der Waals surface area contributed by atoms with Crippen molar-refractivity contribution >= 4 is 26.6 Å². The lowest BCUT2D eigenvalue weighted by Gasteiger charge is -2.16. The van der Waals surface area contributed by atoms with Gasteiger partial charge in [0.2, 0.25) is 0 Å². The summed E-state index contributed by atoms with van der Waals surface area (Å²) in [6.45, 7) is 1.19. The van der Waals surface area contributed by atoms with E-state index in [9.17, 15) is 21.6 Å². The highest BCUT2D eigenvalue weighted by molar-refractivity contribution is 7.92. The number of nitrogens with one attached hydrogen (secondary N) is 1. The molecule has 1 aromatic heterocycles. The van der Waals surface area contributed by atoms with E-state index in [-0.39, 0.29) is 30.4 Å². The Morgan fingerprint density at radius 2 is 1.40 bits per heavy atom. The van der Waals surface area contributed by atoms with Crippen molar-refractivity contribution in [1.29, 1.82) is 0 Å². The van der Waals surface area contributed by atoms with Crippen molar-refractivity contribution in [1.82, 2.24) is 4.98 Å². The molecule has 1 heterocycles. The Morgan fingerprint density at radius 3 is 2.02 bits per heavy atom. The third-order valence-corrected chi connectivity index (χ3v) is 6.88. The van der Waals surface area contributed by atoms with E-state index >= 15 is 0 Å². The maximum Gasteiger partial charge on any atom is 0.267 e. The lowest BCUT2D eigenvalue weighted by atomic mass is 10.1. The Morgan fingerprint density at radius 1 is 0.750 bits per heavy atom. The lowest BCUT2D eigenvalue weighted by molar-refractivity contribution is 0.132. The molecule has 0 saturated carbocycles. The summed E-state index contributed by atoms with van der Waals surface area (Å²) in [5.41, 5.74) is 0.208. The Kier molecular flexibility index (Phi) is 9.30. The summed E-state index contributed by atoms with van der Waals surface area (Å²) in [5, 5.41) is 0.480. The third kappa shape index (κ3) is 6.73. The van der Waals surface area contributed by atoms with Crippen molar-refractivity contribution in [2.24, 2.45) is 0 Å². The Hall–Kier alpha value is -4.07. The summed E-state index contributed by atoms with van der Waals surface area (Å²) >= 11 is 0. The van der Waals surface area contributed by atoms with Gasteiger partial charge in [-0.3, -0.25) is 9.71 Å². The lowest BCUT2D eigenvalue weighted by Crippen LogP contribution is -2.16. The van der Waals surface area contributed by atoms with E-state index in [4.69, 9.17) is 23.7 Å². The van der Waals surface area contributed by atoms with Crippen LogP contribution in [0.25, 0.3) is 10.9 Å². The first-order valence-corrected chi connectivity index (χ1v) is 13.3. The van der Waals surface area contributed by atoms with E-state index < -0.39 is 32.4 Å². The smallest absolute Gasteiger partial charge is 0.267 e. The number of nitrogens with zero attached hydrogens (tertiary/aromatic N) is 1. The number of halogens is 3. The molecule has 0 amide bonds. The summed E-state index contributed by atoms with van der Waals surface area (Å²) in [5.74, 6) is -2.72. The second-order valence-electron chi connectivity index (χ2n) is 8.21. The first-order chi connectivity index (χ1) is 19.2. The number of aromatic nitrogens is 1. The molecule has 1 N–H and O–H groups in total. The molecule has 0 saturated heterocycles. The van der Waals surface area contributed by atoms with E-state index in [1.807, 2.05) is 4.72 Å². The highest BCUT2D eigenvalue weighted by atomic mass is 32.2. The van der Waals surface area contributed by atoms with Gasteiger partial charge in [0.05, 0.1) is 24.4 Å². The predicted molar refractivity (Wildman–Crippen MR) is 140 cm³/mol. The molecule has 0 atom stereocenters. The molecule has 4 aromatic rings. The number of benzene rings is 3. The van der Waals surface area contributed by atoms with Gasteiger partial charge in [0.15, 0.2) is 28.0 Å². The molecule has 0 aliphatic carbocycles. The Labute approximate surface area is 228 Å². The fraction of sp³-hybridized carbons (Fsp3) is 0.222. The fourth-order valence-corrected chi connectivity index (χ4v) is 4.81. The Bertz CT molecular complexity index is 1580. The van der Waals surface area contributed by atoms with E-state index in [0.717, 1.165) is 24.3 Å². The normalized spacial score (nSPS) is 11.4. The fourth-order valence-electron chi connectivity index (χ4n) is 3.62. The molecule has 0 aliphatic rings. The average Bonchev–Trinajstić information content (AvgIpc) is 2.90. The van der Waals surface area contributed by atoms with Gasteiger partial charge in [-0.15, -0.1) is 0 Å². The summed E-state index contributed by atoms with van der Waals surface area (Å²) in [7, 11) is -1.59. The van der Waals surface area contributed by atoms with Gasteiger partial charge in [-0.1, -0.05) is 6.07 Å². The van der Waals surface area contributed by atoms with Crippen LogP contribution in [0.1, 0.15) is 0 Å². The van der Waals surface area contributed by atoms with Gasteiger partial charge in [0, 0.05) is 37.9 Å². The SMILES string of the molecule is COCCOc1cc2nccc(Oc3ccc(NS(=O)(=O)c4c(F)cccc4F)cc3F)c2cc1OCCOC. The number of sulfonamides is 1. The number of ether oxygens (including phenoxy) is 5. The minimum atomic E-state index is -4.68. The van der Waals surface area contributed by atoms with E-state index in [0.29, 0.717) is 35.6 Å². The number of rotatable bonds is 13. The van der Waals surface area contributed by atoms with E-state index in [1.165, 1.54) is 24.4 Å². The highest BCUT2D eigenvalue weighted by Gasteiger charge is 2.24. The van der Waals surface area contributed by atoms with Crippen LogP contribution in [0.2, 0.25) is 0 Å². The number of pyridine rings is 1. The molecular formula is C27H25F3N2O7S. The number of hydrogen-bond donors (Lipinski definition) is 1. The maximum atomic E-state index is 15.0. The van der Waals surface area contributed by atoms with Crippen LogP contribution in [0.3, 0.4) is 0 Å². The van der Waals surface area contributed by atoms with Gasteiger partial charge in [0.1, 0.15) is 30.6 Å². The van der Waals surface area contributed by atoms with Crippen LogP contribution in [-0.4, -0.2) is 54.0 Å². The van der Waals surface area contributed by atoms with Crippen molar-refractivity contribution in [2.75, 3.05) is 45.4 Å². The predicted octanol–water partition coefficient (Wildman–Crippen LogP) is 5.30. The number of hydrogen-bond acceptors (Lipinski definition) is 8. The van der Waals surface area contributed by atoms with Crippen molar-refractivity contribution in [3.63, 3.8) is 0 Å². The quantitative estimate of drug-likeness (QED) is 0.213. The van der Waals surface area contributed by atoms with Gasteiger partial charge >= 0.3 is 0 Å². The standard InChI is InChI=1S/C27H25F3N2O7S/c1-35-10-12-37-25-15-18-22(16-26(25)38-13-11-36-2)31-9-8-23(18)39-24-7-6-17(14-21(24)30)32-40(33,34)27-19(28)4-3-5-20(27)29/h3-9,14-16,32H,10-13H2,1-2H3. The van der Waals surface area contributed by atoms with Crippen LogP contribution in [0.4, 0.5) is 18.9 Å². The average molecular weight is 579 g/mol. The second-order valence-corrected chi connectivity index (χ2v) is 9.83. The minimum absolute atomic E-state index is 0.227. The summed E-state index contributed by atoms with van der Waals surface area (Å²) in [6, 6.07) is 10.6. The highest BCUT2D eigenvalue weighted by Crippen LogP contribution is 2.38. The van der Waals surface area contributed by atoms with Crippen LogP contribution in [0.15, 0.2) is 65.7 Å². The molecule has 0 unspecified atom stereocenters. The molecule has 3 aromatic carbocycles. The zero-order valence-electron chi connectivity index (χ0n) is 21.4. The molecule has 0 spiro atoms. The van der Waals surface area contributed by atoms with E-state index in [2.05, 4.69) is 4.98 Å². The second kappa shape index (κ2) is 12.9. The number of fused-ring (bicyclic) bond motifs is 1. The van der Waals surface area contributed by atoms with E-state index in [1.54, 1.807) is 26.4 Å². The van der Waals surface area contributed by atoms with Crippen molar-refractivity contribution in [2.45, 2.75) is 4.90 Å². The van der Waals surface area contributed by atoms with Gasteiger partial charge in [-0.25, -0.2) is 21.6 Å². The summed E-state index contributed by atoms with van der Waals surface area (Å²) < 4.78 is 97.4. The third-order valence-electron chi connectivity index (χ3n) is 5.45. The summed E-state index contributed by atoms with van der Waals surface area (Å²) in [4.78, 5) is 3.15. The molecule has 0 aliphatic heterocycles. The number of methoxy groups -OCH3 is 2. The molecule has 212 valence electrons. The van der Waals surface area contributed by atoms with Crippen LogP contribution in [-0.2, 0) is 19.5 Å².